The third kappa shape index (κ3) is 7.11. The first kappa shape index (κ1) is 26.2. The standard InChI is InChI=1S/C32H30Br2O2/c33-21-7-23-35-29-17-13-27(14-18-29)31(25-9-3-1-4-10-25)32(26-11-5-2-6-12-26)28-15-19-30(20-16-28)36-24-8-22-34/h1-6,9-20H,7-8,21-24H2/b32-31-. The van der Waals surface area contributed by atoms with Crippen molar-refractivity contribution >= 4 is 43.0 Å². The molecule has 0 heterocycles. The Morgan fingerprint density at radius 2 is 0.778 bits per heavy atom. The van der Waals surface area contributed by atoms with Crippen LogP contribution in [0.1, 0.15) is 35.1 Å². The monoisotopic (exact) mass is 604 g/mol. The smallest absolute Gasteiger partial charge is 0.119 e. The largest absolute Gasteiger partial charge is 0.494 e. The van der Waals surface area contributed by atoms with Crippen LogP contribution in [-0.4, -0.2) is 23.9 Å². The van der Waals surface area contributed by atoms with Crippen molar-refractivity contribution in [3.63, 3.8) is 0 Å². The van der Waals surface area contributed by atoms with Gasteiger partial charge < -0.3 is 9.47 Å². The molecule has 0 spiro atoms. The van der Waals surface area contributed by atoms with Crippen LogP contribution in [0.15, 0.2) is 109 Å². The fraction of sp³-hybridized carbons (Fsp3) is 0.188. The molecule has 0 saturated heterocycles. The summed E-state index contributed by atoms with van der Waals surface area (Å²) in [7, 11) is 0. The highest BCUT2D eigenvalue weighted by Gasteiger charge is 2.16. The molecule has 0 radical (unpaired) electrons. The molecule has 4 aromatic rings. The molecule has 4 heteroatoms. The number of ether oxygens (including phenoxy) is 2. The van der Waals surface area contributed by atoms with Crippen LogP contribution in [-0.2, 0) is 0 Å². The van der Waals surface area contributed by atoms with Gasteiger partial charge in [-0.25, -0.2) is 0 Å². The molecule has 0 amide bonds. The average molecular weight is 606 g/mol. The summed E-state index contributed by atoms with van der Waals surface area (Å²) < 4.78 is 11.8. The lowest BCUT2D eigenvalue weighted by Gasteiger charge is -2.19. The number of alkyl halides is 2. The van der Waals surface area contributed by atoms with Gasteiger partial charge in [0.1, 0.15) is 11.5 Å². The lowest BCUT2D eigenvalue weighted by Crippen LogP contribution is -2.00. The van der Waals surface area contributed by atoms with Crippen molar-refractivity contribution in [1.82, 2.24) is 0 Å². The molecular weight excluding hydrogens is 576 g/mol. The minimum absolute atomic E-state index is 0.700. The highest BCUT2D eigenvalue weighted by atomic mass is 79.9. The van der Waals surface area contributed by atoms with E-state index in [4.69, 9.17) is 9.47 Å². The Kier molecular flexibility index (Phi) is 10.2. The third-order valence-electron chi connectivity index (χ3n) is 5.75. The predicted molar refractivity (Wildman–Crippen MR) is 159 cm³/mol. The van der Waals surface area contributed by atoms with Crippen molar-refractivity contribution < 1.29 is 9.47 Å². The van der Waals surface area contributed by atoms with E-state index < -0.39 is 0 Å². The van der Waals surface area contributed by atoms with Crippen LogP contribution >= 0.6 is 31.9 Å². The van der Waals surface area contributed by atoms with Crippen LogP contribution < -0.4 is 9.47 Å². The van der Waals surface area contributed by atoms with Crippen LogP contribution in [0.25, 0.3) is 11.1 Å². The fourth-order valence-electron chi connectivity index (χ4n) is 4.05. The molecule has 0 atom stereocenters. The van der Waals surface area contributed by atoms with Crippen LogP contribution in [0, 0.1) is 0 Å². The molecule has 36 heavy (non-hydrogen) atoms. The van der Waals surface area contributed by atoms with Crippen molar-refractivity contribution in [2.75, 3.05) is 23.9 Å². The van der Waals surface area contributed by atoms with E-state index in [0.717, 1.165) is 46.1 Å². The van der Waals surface area contributed by atoms with Crippen LogP contribution in [0.3, 0.4) is 0 Å². The van der Waals surface area contributed by atoms with Gasteiger partial charge in [-0.2, -0.15) is 0 Å². The van der Waals surface area contributed by atoms with Gasteiger partial charge in [-0.3, -0.25) is 0 Å². The highest BCUT2D eigenvalue weighted by Crippen LogP contribution is 2.37. The molecular formula is C32H30Br2O2. The lowest BCUT2D eigenvalue weighted by atomic mass is 9.86. The highest BCUT2D eigenvalue weighted by molar-refractivity contribution is 9.09. The lowest BCUT2D eigenvalue weighted by molar-refractivity contribution is 0.319. The number of benzene rings is 4. The third-order valence-corrected chi connectivity index (χ3v) is 6.88. The van der Waals surface area contributed by atoms with Crippen LogP contribution in [0.2, 0.25) is 0 Å². The van der Waals surface area contributed by atoms with Gasteiger partial charge in [0.2, 0.25) is 0 Å². The van der Waals surface area contributed by atoms with E-state index in [9.17, 15) is 0 Å². The zero-order valence-electron chi connectivity index (χ0n) is 20.2. The van der Waals surface area contributed by atoms with Gasteiger partial charge in [-0.05, 0) is 70.5 Å². The molecule has 0 aliphatic heterocycles. The first-order valence-corrected chi connectivity index (χ1v) is 14.5. The van der Waals surface area contributed by atoms with Gasteiger partial charge in [0.15, 0.2) is 0 Å². The molecule has 4 aromatic carbocycles. The number of hydrogen-bond donors (Lipinski definition) is 0. The number of halogens is 2. The summed E-state index contributed by atoms with van der Waals surface area (Å²) >= 11 is 6.93. The summed E-state index contributed by atoms with van der Waals surface area (Å²) in [5, 5.41) is 1.87. The molecule has 4 rings (SSSR count). The number of rotatable bonds is 12. The van der Waals surface area contributed by atoms with E-state index in [0.29, 0.717) is 13.2 Å². The van der Waals surface area contributed by atoms with Gasteiger partial charge in [0, 0.05) is 10.7 Å². The Morgan fingerprint density at radius 1 is 0.444 bits per heavy atom. The Labute approximate surface area is 231 Å². The predicted octanol–water partition coefficient (Wildman–Crippen LogP) is 9.02. The summed E-state index contributed by atoms with van der Waals surface area (Å²) in [6.07, 6.45) is 1.95. The van der Waals surface area contributed by atoms with E-state index in [2.05, 4.69) is 141 Å². The maximum absolute atomic E-state index is 5.91. The SMILES string of the molecule is BrCCCOc1ccc(/C(=C(/c2ccccc2)c2ccc(OCCCBr)cc2)c2ccccc2)cc1. The molecule has 0 bridgehead atoms. The van der Waals surface area contributed by atoms with Gasteiger partial charge in [0.05, 0.1) is 13.2 Å². The molecule has 184 valence electrons. The minimum atomic E-state index is 0.700. The summed E-state index contributed by atoms with van der Waals surface area (Å²) in [4.78, 5) is 0. The van der Waals surface area contributed by atoms with Crippen molar-refractivity contribution in [3.05, 3.63) is 131 Å². The second kappa shape index (κ2) is 14.1. The maximum Gasteiger partial charge on any atom is 0.119 e. The van der Waals surface area contributed by atoms with Gasteiger partial charge in [-0.15, -0.1) is 0 Å². The zero-order chi connectivity index (χ0) is 25.0. The first-order valence-electron chi connectivity index (χ1n) is 12.2. The van der Waals surface area contributed by atoms with Gasteiger partial charge in [0.25, 0.3) is 0 Å². The quantitative estimate of drug-likeness (QED) is 0.0911. The second-order valence-corrected chi connectivity index (χ2v) is 9.90. The van der Waals surface area contributed by atoms with Crippen LogP contribution in [0.4, 0.5) is 0 Å². The normalized spacial score (nSPS) is 11.6. The molecule has 0 saturated carbocycles. The average Bonchev–Trinajstić information content (AvgIpc) is 2.94. The molecule has 0 aliphatic carbocycles. The van der Waals surface area contributed by atoms with E-state index in [1.54, 1.807) is 0 Å². The molecule has 0 aliphatic rings. The zero-order valence-corrected chi connectivity index (χ0v) is 23.4. The van der Waals surface area contributed by atoms with E-state index in [-0.39, 0.29) is 0 Å². The van der Waals surface area contributed by atoms with Crippen molar-refractivity contribution in [2.45, 2.75) is 12.8 Å². The van der Waals surface area contributed by atoms with Crippen LogP contribution in [0.5, 0.6) is 11.5 Å². The molecule has 2 nitrogen and oxygen atoms in total. The Bertz CT molecular complexity index is 1120. The van der Waals surface area contributed by atoms with E-state index in [1.807, 2.05) is 0 Å². The Hall–Kier alpha value is -2.82. The second-order valence-electron chi connectivity index (χ2n) is 8.31. The van der Waals surface area contributed by atoms with Gasteiger partial charge in [-0.1, -0.05) is 117 Å². The molecule has 0 unspecified atom stereocenters. The summed E-state index contributed by atoms with van der Waals surface area (Å²) in [6, 6.07) is 38.1. The minimum Gasteiger partial charge on any atom is -0.494 e. The first-order chi connectivity index (χ1) is 17.8. The van der Waals surface area contributed by atoms with E-state index >= 15 is 0 Å². The van der Waals surface area contributed by atoms with Crippen molar-refractivity contribution in [2.24, 2.45) is 0 Å². The molecule has 0 aromatic heterocycles. The Balaban J connectivity index is 1.82. The topological polar surface area (TPSA) is 18.5 Å². The molecule has 0 fully saturated rings. The van der Waals surface area contributed by atoms with E-state index in [1.165, 1.54) is 22.3 Å². The summed E-state index contributed by atoms with van der Waals surface area (Å²) in [6.45, 7) is 1.40. The molecule has 0 N–H and O–H groups in total. The van der Waals surface area contributed by atoms with Crippen molar-refractivity contribution in [3.8, 4) is 11.5 Å². The summed E-state index contributed by atoms with van der Waals surface area (Å²) in [5.41, 5.74) is 6.99. The summed E-state index contributed by atoms with van der Waals surface area (Å²) in [5.74, 6) is 1.77. The van der Waals surface area contributed by atoms with Crippen molar-refractivity contribution in [1.29, 1.82) is 0 Å². The Morgan fingerprint density at radius 3 is 1.11 bits per heavy atom. The fourth-order valence-corrected chi connectivity index (χ4v) is 4.50. The number of hydrogen-bond acceptors (Lipinski definition) is 2. The van der Waals surface area contributed by atoms with Gasteiger partial charge >= 0.3 is 0 Å². The maximum atomic E-state index is 5.91.